The van der Waals surface area contributed by atoms with Gasteiger partial charge in [-0.25, -0.2) is 49.2 Å². The van der Waals surface area contributed by atoms with Crippen LogP contribution in [0.3, 0.4) is 0 Å². The van der Waals surface area contributed by atoms with Crippen LogP contribution in [0.4, 0.5) is 11.1 Å². The van der Waals surface area contributed by atoms with E-state index >= 15 is 0 Å². The number of halogens is 1. The Kier molecular flexibility index (Phi) is 14.9. The van der Waals surface area contributed by atoms with E-state index in [-0.39, 0.29) is 26.5 Å². The Bertz CT molecular complexity index is 2650. The van der Waals surface area contributed by atoms with Crippen molar-refractivity contribution in [1.82, 2.24) is 19.7 Å². The molecular weight excluding hydrogens is 840 g/mol. The average Bonchev–Trinajstić information content (AvgIpc) is 3.61. The Labute approximate surface area is 339 Å². The van der Waals surface area contributed by atoms with Gasteiger partial charge in [-0.2, -0.15) is 0 Å². The molecule has 0 aliphatic carbocycles. The zero-order valence-corrected chi connectivity index (χ0v) is 35.2. The van der Waals surface area contributed by atoms with Crippen LogP contribution in [0, 0.1) is 0 Å². The Balaban J connectivity index is 0.000000235. The van der Waals surface area contributed by atoms with Crippen LogP contribution >= 0.6 is 22.0 Å². The van der Waals surface area contributed by atoms with Crippen LogP contribution in [0.2, 0.25) is 0 Å². The molecule has 21 heteroatoms. The normalized spacial score (nSPS) is 11.3. The highest BCUT2D eigenvalue weighted by Crippen LogP contribution is 2.31. The molecule has 6 rings (SSSR count). The molecule has 0 unspecified atom stereocenters. The van der Waals surface area contributed by atoms with Crippen LogP contribution in [0.25, 0.3) is 21.5 Å². The number of carbonyl (C=O) groups excluding carboxylic acids is 1. The third-order valence-electron chi connectivity index (χ3n) is 7.59. The molecule has 0 bridgehead atoms. The summed E-state index contributed by atoms with van der Waals surface area (Å²) in [7, 11) is 1.62. The second kappa shape index (κ2) is 19.2. The SMILES string of the molecule is CNS(=O)(=O)c1ccc(OC)cc1.COc1ccc(S(=O)(=O)Cl)cc1.COc1ccc(S(=O)(=O)N(C)c2nccc(-c3ccc4nc(NC(C)=O)sc4c3)n2)cc1. The fraction of sp³-hybridized carbons (Fsp3) is 0.167. The molecule has 1 amide bonds. The third kappa shape index (κ3) is 11.8. The van der Waals surface area contributed by atoms with Crippen LogP contribution < -0.4 is 28.6 Å². The summed E-state index contributed by atoms with van der Waals surface area (Å²) in [5.41, 5.74) is 2.08. The molecule has 57 heavy (non-hydrogen) atoms. The van der Waals surface area contributed by atoms with Crippen molar-refractivity contribution >= 4 is 78.3 Å². The lowest BCUT2D eigenvalue weighted by molar-refractivity contribution is -0.114. The standard InChI is InChI=1S/C21H19N5O4S2.C8H11NO3S.C7H7ClO3S/c1-13(27)23-21-25-18-9-4-14(12-19(18)31-21)17-10-11-22-20(24-17)26(2)32(28,29)16-7-5-15(30-3)6-8-16;1-9-13(10,11)8-5-3-7(12-2)4-6-8;1-11-6-2-4-7(5-3-6)12(8,9)10/h4-12H,1-3H3,(H,23,25,27);3-6,9H,1-2H3;2-5H,1H3. The van der Waals surface area contributed by atoms with E-state index in [0.717, 1.165) is 20.1 Å². The number of anilines is 2. The van der Waals surface area contributed by atoms with Gasteiger partial charge in [-0.1, -0.05) is 17.4 Å². The van der Waals surface area contributed by atoms with Crippen LogP contribution in [0.5, 0.6) is 17.2 Å². The van der Waals surface area contributed by atoms with Gasteiger partial charge in [0.25, 0.3) is 19.1 Å². The van der Waals surface area contributed by atoms with Crippen LogP contribution in [0.15, 0.2) is 118 Å². The van der Waals surface area contributed by atoms with E-state index < -0.39 is 29.1 Å². The van der Waals surface area contributed by atoms with Gasteiger partial charge in [-0.15, -0.1) is 0 Å². The molecule has 4 aromatic carbocycles. The van der Waals surface area contributed by atoms with E-state index in [4.69, 9.17) is 24.9 Å². The molecule has 6 aromatic rings. The van der Waals surface area contributed by atoms with Gasteiger partial charge in [-0.05, 0) is 98.0 Å². The molecule has 0 aliphatic rings. The number of thiazole rings is 1. The number of nitrogens with zero attached hydrogens (tertiary/aromatic N) is 4. The monoisotopic (exact) mass is 876 g/mol. The number of aromatic nitrogens is 3. The number of fused-ring (bicyclic) bond motifs is 1. The minimum absolute atomic E-state index is 0.0432. The van der Waals surface area contributed by atoms with Crippen molar-refractivity contribution in [1.29, 1.82) is 0 Å². The molecule has 0 saturated carbocycles. The van der Waals surface area contributed by atoms with E-state index in [1.807, 2.05) is 18.2 Å². The van der Waals surface area contributed by atoms with Crippen molar-refractivity contribution in [2.75, 3.05) is 45.0 Å². The van der Waals surface area contributed by atoms with Gasteiger partial charge in [0, 0.05) is 36.4 Å². The summed E-state index contributed by atoms with van der Waals surface area (Å²) < 4.78 is 89.0. The number of ether oxygens (including phenoxy) is 3. The minimum Gasteiger partial charge on any atom is -0.497 e. The number of rotatable bonds is 11. The molecule has 0 spiro atoms. The number of nitrogens with one attached hydrogen (secondary N) is 2. The number of amides is 1. The molecule has 2 heterocycles. The van der Waals surface area contributed by atoms with Crippen LogP contribution in [-0.4, -0.2) is 81.5 Å². The molecule has 0 aliphatic heterocycles. The molecule has 302 valence electrons. The summed E-state index contributed by atoms with van der Waals surface area (Å²) in [6, 6.07) is 25.4. The zero-order chi connectivity index (χ0) is 42.0. The smallest absolute Gasteiger partial charge is 0.266 e. The third-order valence-corrected chi connectivity index (χ3v) is 13.1. The lowest BCUT2D eigenvalue weighted by atomic mass is 10.1. The molecule has 2 N–H and O–H groups in total. The molecule has 2 aromatic heterocycles. The maximum atomic E-state index is 13.0. The summed E-state index contributed by atoms with van der Waals surface area (Å²) in [4.78, 5) is 24.7. The molecule has 0 fully saturated rings. The Morgan fingerprint density at radius 1 is 0.719 bits per heavy atom. The predicted molar refractivity (Wildman–Crippen MR) is 219 cm³/mol. The highest BCUT2D eigenvalue weighted by atomic mass is 35.7. The van der Waals surface area contributed by atoms with Gasteiger partial charge < -0.3 is 19.5 Å². The molecule has 0 atom stereocenters. The van der Waals surface area contributed by atoms with Gasteiger partial charge in [0.2, 0.25) is 21.9 Å². The van der Waals surface area contributed by atoms with Gasteiger partial charge in [0.05, 0.1) is 51.9 Å². The predicted octanol–water partition coefficient (Wildman–Crippen LogP) is 5.77. The highest BCUT2D eigenvalue weighted by Gasteiger charge is 2.24. The fourth-order valence-corrected chi connectivity index (χ4v) is 8.12. The van der Waals surface area contributed by atoms with Crippen LogP contribution in [0.1, 0.15) is 6.92 Å². The maximum Gasteiger partial charge on any atom is 0.266 e. The first-order chi connectivity index (χ1) is 26.9. The molecule has 16 nitrogen and oxygen atoms in total. The van der Waals surface area contributed by atoms with E-state index in [2.05, 4.69) is 25.0 Å². The van der Waals surface area contributed by atoms with Crippen molar-refractivity contribution in [3.63, 3.8) is 0 Å². The zero-order valence-electron chi connectivity index (χ0n) is 31.2. The summed E-state index contributed by atoms with van der Waals surface area (Å²) in [5.74, 6) is 1.64. The average molecular weight is 877 g/mol. The summed E-state index contributed by atoms with van der Waals surface area (Å²) in [6.07, 6.45) is 1.51. The lowest BCUT2D eigenvalue weighted by Crippen LogP contribution is -2.28. The number of benzene rings is 4. The first kappa shape index (κ1) is 44.3. The van der Waals surface area contributed by atoms with Crippen LogP contribution in [-0.2, 0) is 33.9 Å². The van der Waals surface area contributed by atoms with Crippen molar-refractivity contribution in [2.45, 2.75) is 21.6 Å². The number of carbonyl (C=O) groups is 1. The fourth-order valence-electron chi connectivity index (χ4n) is 4.57. The molecule has 0 saturated heterocycles. The quantitative estimate of drug-likeness (QED) is 0.148. The largest absolute Gasteiger partial charge is 0.497 e. The highest BCUT2D eigenvalue weighted by molar-refractivity contribution is 8.13. The van der Waals surface area contributed by atoms with Crippen molar-refractivity contribution in [3.05, 3.63) is 103 Å². The van der Waals surface area contributed by atoms with E-state index in [1.165, 1.54) is 108 Å². The molecule has 0 radical (unpaired) electrons. The van der Waals surface area contributed by atoms with Crippen molar-refractivity contribution < 1.29 is 44.3 Å². The van der Waals surface area contributed by atoms with E-state index in [1.54, 1.807) is 30.3 Å². The first-order valence-electron chi connectivity index (χ1n) is 16.2. The van der Waals surface area contributed by atoms with Gasteiger partial charge in [-0.3, -0.25) is 4.79 Å². The van der Waals surface area contributed by atoms with E-state index in [9.17, 15) is 30.0 Å². The topological polar surface area (TPSA) is 213 Å². The Morgan fingerprint density at radius 3 is 1.70 bits per heavy atom. The van der Waals surface area contributed by atoms with Crippen molar-refractivity contribution in [3.8, 4) is 28.5 Å². The van der Waals surface area contributed by atoms with Gasteiger partial charge >= 0.3 is 0 Å². The molecular formula is C36H37ClN6O10S4. The Hall–Kier alpha value is -5.38. The Morgan fingerprint density at radius 2 is 1.23 bits per heavy atom. The van der Waals surface area contributed by atoms with Crippen molar-refractivity contribution in [2.24, 2.45) is 0 Å². The van der Waals surface area contributed by atoms with Gasteiger partial charge in [0.15, 0.2) is 5.13 Å². The second-order valence-electron chi connectivity index (χ2n) is 11.3. The lowest BCUT2D eigenvalue weighted by Gasteiger charge is -2.18. The van der Waals surface area contributed by atoms with E-state index in [0.29, 0.717) is 28.1 Å². The number of hydrogen-bond acceptors (Lipinski definition) is 14. The first-order valence-corrected chi connectivity index (χ1v) is 22.3. The minimum atomic E-state index is -3.85. The summed E-state index contributed by atoms with van der Waals surface area (Å²) in [5, 5.41) is 3.19. The number of methoxy groups -OCH3 is 3. The van der Waals surface area contributed by atoms with Gasteiger partial charge in [0.1, 0.15) is 17.2 Å². The second-order valence-corrected chi connectivity index (χ2v) is 18.7. The summed E-state index contributed by atoms with van der Waals surface area (Å²) >= 11 is 1.35. The summed E-state index contributed by atoms with van der Waals surface area (Å²) in [6.45, 7) is 1.43. The maximum absolute atomic E-state index is 13.0. The number of sulfonamides is 2. The number of hydrogen-bond donors (Lipinski definition) is 2.